The lowest BCUT2D eigenvalue weighted by Gasteiger charge is -2.36. The van der Waals surface area contributed by atoms with Gasteiger partial charge in [-0.2, -0.15) is 0 Å². The average Bonchev–Trinajstić information content (AvgIpc) is 3.18. The Morgan fingerprint density at radius 3 is 2.20 bits per heavy atom. The largest absolute Gasteiger partial charge is 0.368 e. The lowest BCUT2D eigenvalue weighted by molar-refractivity contribution is -0.146. The summed E-state index contributed by atoms with van der Waals surface area (Å²) in [4.78, 5) is 28.2. The van der Waals surface area contributed by atoms with E-state index in [1.165, 1.54) is 0 Å². The molecule has 1 N–H and O–H groups in total. The standard InChI is InChI=1S/C14H23N3O3/c18-13(11-3-1-5-15-11)16-6-8-17(9-7-16)14(19)12-4-2-10-20-12/h11-12,15H,1-10H2. The molecule has 0 aliphatic carbocycles. The second-order valence-corrected chi connectivity index (χ2v) is 5.80. The Labute approximate surface area is 119 Å². The van der Waals surface area contributed by atoms with Gasteiger partial charge < -0.3 is 19.9 Å². The second-order valence-electron chi connectivity index (χ2n) is 5.80. The summed E-state index contributed by atoms with van der Waals surface area (Å²) in [6.07, 6.45) is 3.59. The van der Waals surface area contributed by atoms with Gasteiger partial charge in [0.25, 0.3) is 5.91 Å². The molecule has 3 heterocycles. The number of hydrogen-bond donors (Lipinski definition) is 1. The molecule has 112 valence electrons. The lowest BCUT2D eigenvalue weighted by Crippen LogP contribution is -2.55. The Kier molecular flexibility index (Phi) is 4.21. The molecule has 2 amide bonds. The van der Waals surface area contributed by atoms with Gasteiger partial charge in [-0.15, -0.1) is 0 Å². The first-order chi connectivity index (χ1) is 9.75. The van der Waals surface area contributed by atoms with Gasteiger partial charge in [0, 0.05) is 32.8 Å². The molecule has 2 unspecified atom stereocenters. The van der Waals surface area contributed by atoms with E-state index in [9.17, 15) is 9.59 Å². The van der Waals surface area contributed by atoms with Gasteiger partial charge in [-0.3, -0.25) is 9.59 Å². The first kappa shape index (κ1) is 13.8. The van der Waals surface area contributed by atoms with Gasteiger partial charge in [0.05, 0.1) is 6.04 Å². The summed E-state index contributed by atoms with van der Waals surface area (Å²) in [5.74, 6) is 0.306. The normalized spacial score (nSPS) is 30.8. The minimum absolute atomic E-state index is 0.00424. The van der Waals surface area contributed by atoms with Crippen molar-refractivity contribution in [1.29, 1.82) is 0 Å². The first-order valence-electron chi connectivity index (χ1n) is 7.68. The van der Waals surface area contributed by atoms with Crippen molar-refractivity contribution in [2.75, 3.05) is 39.3 Å². The van der Waals surface area contributed by atoms with E-state index in [4.69, 9.17) is 4.74 Å². The van der Waals surface area contributed by atoms with Crippen molar-refractivity contribution in [3.63, 3.8) is 0 Å². The van der Waals surface area contributed by atoms with Crippen molar-refractivity contribution in [3.05, 3.63) is 0 Å². The molecular weight excluding hydrogens is 258 g/mol. The van der Waals surface area contributed by atoms with Crippen LogP contribution in [-0.4, -0.2) is 73.1 Å². The molecular formula is C14H23N3O3. The number of piperazine rings is 1. The van der Waals surface area contributed by atoms with E-state index in [0.29, 0.717) is 32.8 Å². The van der Waals surface area contributed by atoms with Crippen molar-refractivity contribution in [3.8, 4) is 0 Å². The van der Waals surface area contributed by atoms with Gasteiger partial charge in [0.1, 0.15) is 6.10 Å². The fourth-order valence-corrected chi connectivity index (χ4v) is 3.24. The number of rotatable bonds is 2. The highest BCUT2D eigenvalue weighted by atomic mass is 16.5. The summed E-state index contributed by atoms with van der Waals surface area (Å²) >= 11 is 0. The predicted octanol–water partition coefficient (Wildman–Crippen LogP) is -0.412. The first-order valence-corrected chi connectivity index (χ1v) is 7.68. The molecule has 0 radical (unpaired) electrons. The molecule has 0 saturated carbocycles. The zero-order valence-corrected chi connectivity index (χ0v) is 11.8. The third-order valence-corrected chi connectivity index (χ3v) is 4.47. The number of amides is 2. The lowest BCUT2D eigenvalue weighted by atomic mass is 10.1. The van der Waals surface area contributed by atoms with Crippen LogP contribution in [0.3, 0.4) is 0 Å². The molecule has 0 bridgehead atoms. The van der Waals surface area contributed by atoms with E-state index in [2.05, 4.69) is 5.32 Å². The smallest absolute Gasteiger partial charge is 0.251 e. The van der Waals surface area contributed by atoms with Crippen LogP contribution in [0, 0.1) is 0 Å². The Morgan fingerprint density at radius 1 is 0.950 bits per heavy atom. The van der Waals surface area contributed by atoms with E-state index < -0.39 is 0 Å². The van der Waals surface area contributed by atoms with Crippen LogP contribution in [0.2, 0.25) is 0 Å². The van der Waals surface area contributed by atoms with Gasteiger partial charge in [-0.1, -0.05) is 0 Å². The van der Waals surface area contributed by atoms with Gasteiger partial charge in [-0.25, -0.2) is 0 Å². The van der Waals surface area contributed by atoms with E-state index >= 15 is 0 Å². The number of ether oxygens (including phenoxy) is 1. The average molecular weight is 281 g/mol. The summed E-state index contributed by atoms with van der Waals surface area (Å²) in [7, 11) is 0. The Morgan fingerprint density at radius 2 is 1.65 bits per heavy atom. The number of carbonyl (C=O) groups excluding carboxylic acids is 2. The molecule has 20 heavy (non-hydrogen) atoms. The van der Waals surface area contributed by atoms with Gasteiger partial charge in [-0.05, 0) is 32.2 Å². The highest BCUT2D eigenvalue weighted by Crippen LogP contribution is 2.17. The highest BCUT2D eigenvalue weighted by Gasteiger charge is 2.33. The summed E-state index contributed by atoms with van der Waals surface area (Å²) in [5.41, 5.74) is 0. The van der Waals surface area contributed by atoms with E-state index in [1.54, 1.807) is 0 Å². The van der Waals surface area contributed by atoms with Crippen LogP contribution in [0.15, 0.2) is 0 Å². The molecule has 3 aliphatic heterocycles. The van der Waals surface area contributed by atoms with Crippen LogP contribution in [-0.2, 0) is 14.3 Å². The maximum absolute atomic E-state index is 12.3. The van der Waals surface area contributed by atoms with E-state index in [1.807, 2.05) is 9.80 Å². The van der Waals surface area contributed by atoms with E-state index in [-0.39, 0.29) is 24.0 Å². The quantitative estimate of drug-likeness (QED) is 0.747. The van der Waals surface area contributed by atoms with Crippen LogP contribution >= 0.6 is 0 Å². The van der Waals surface area contributed by atoms with Crippen LogP contribution in [0.25, 0.3) is 0 Å². The Balaban J connectivity index is 1.48. The molecule has 3 rings (SSSR count). The second kappa shape index (κ2) is 6.10. The van der Waals surface area contributed by atoms with Crippen molar-refractivity contribution < 1.29 is 14.3 Å². The minimum Gasteiger partial charge on any atom is -0.368 e. The summed E-state index contributed by atoms with van der Waals surface area (Å²) in [5, 5.41) is 3.24. The molecule has 6 nitrogen and oxygen atoms in total. The van der Waals surface area contributed by atoms with Crippen LogP contribution in [0.4, 0.5) is 0 Å². The Bertz CT molecular complexity index is 332. The summed E-state index contributed by atoms with van der Waals surface area (Å²) in [6.45, 7) is 4.20. The molecule has 0 aromatic rings. The van der Waals surface area contributed by atoms with Crippen molar-refractivity contribution in [2.24, 2.45) is 0 Å². The molecule has 0 spiro atoms. The summed E-state index contributed by atoms with van der Waals surface area (Å²) < 4.78 is 5.44. The van der Waals surface area contributed by atoms with Crippen LogP contribution in [0.5, 0.6) is 0 Å². The van der Waals surface area contributed by atoms with Crippen LogP contribution in [0.1, 0.15) is 25.7 Å². The maximum atomic E-state index is 12.3. The molecule has 3 fully saturated rings. The van der Waals surface area contributed by atoms with Crippen LogP contribution < -0.4 is 5.32 Å². The zero-order chi connectivity index (χ0) is 13.9. The maximum Gasteiger partial charge on any atom is 0.251 e. The molecule has 0 aromatic heterocycles. The molecule has 2 atom stereocenters. The molecule has 0 aromatic carbocycles. The van der Waals surface area contributed by atoms with Crippen molar-refractivity contribution >= 4 is 11.8 Å². The predicted molar refractivity (Wildman–Crippen MR) is 73.2 cm³/mol. The number of nitrogens with zero attached hydrogens (tertiary/aromatic N) is 2. The number of hydrogen-bond acceptors (Lipinski definition) is 4. The van der Waals surface area contributed by atoms with Gasteiger partial charge >= 0.3 is 0 Å². The zero-order valence-electron chi connectivity index (χ0n) is 11.8. The van der Waals surface area contributed by atoms with Gasteiger partial charge in [0.15, 0.2) is 0 Å². The van der Waals surface area contributed by atoms with Crippen molar-refractivity contribution in [2.45, 2.75) is 37.8 Å². The fraction of sp³-hybridized carbons (Fsp3) is 0.857. The number of nitrogens with one attached hydrogen (secondary N) is 1. The topological polar surface area (TPSA) is 61.9 Å². The monoisotopic (exact) mass is 281 g/mol. The molecule has 3 saturated heterocycles. The summed E-state index contributed by atoms with van der Waals surface area (Å²) in [6, 6.07) is -0.00424. The fourth-order valence-electron chi connectivity index (χ4n) is 3.24. The SMILES string of the molecule is O=C(C1CCCN1)N1CCN(C(=O)C2CCCO2)CC1. The third kappa shape index (κ3) is 2.81. The molecule has 3 aliphatic rings. The van der Waals surface area contributed by atoms with Crippen molar-refractivity contribution in [1.82, 2.24) is 15.1 Å². The molecule has 6 heteroatoms. The number of carbonyl (C=O) groups is 2. The van der Waals surface area contributed by atoms with Gasteiger partial charge in [0.2, 0.25) is 5.91 Å². The minimum atomic E-state index is -0.242. The Hall–Kier alpha value is -1.14. The van der Waals surface area contributed by atoms with E-state index in [0.717, 1.165) is 32.2 Å². The highest BCUT2D eigenvalue weighted by molar-refractivity contribution is 5.83. The third-order valence-electron chi connectivity index (χ3n) is 4.47.